The molecule has 1 aliphatic heterocycles. The quantitative estimate of drug-likeness (QED) is 0.269. The Morgan fingerprint density at radius 1 is 1.00 bits per heavy atom. The molecule has 1 saturated heterocycles. The number of ketones is 1. The zero-order valence-corrected chi connectivity index (χ0v) is 17.3. The van der Waals surface area contributed by atoms with E-state index in [1.165, 1.54) is 47.4 Å². The number of unbranched alkanes of at least 4 members (excludes halogenated alkanes) is 2. The fourth-order valence-corrected chi connectivity index (χ4v) is 3.76. The summed E-state index contributed by atoms with van der Waals surface area (Å²) < 4.78 is 14.7. The molecule has 1 amide bonds. The third-order valence-electron chi connectivity index (χ3n) is 5.15. The van der Waals surface area contributed by atoms with E-state index in [-0.39, 0.29) is 29.7 Å². The highest BCUT2D eigenvalue weighted by atomic mass is 35.5. The number of benzene rings is 2. The van der Waals surface area contributed by atoms with E-state index in [1.54, 1.807) is 6.07 Å². The van der Waals surface area contributed by atoms with Gasteiger partial charge in [0.1, 0.15) is 11.6 Å². The Kier molecular flexibility index (Phi) is 7.07. The monoisotopic (exact) mass is 445 g/mol. The molecule has 0 aromatic heterocycles. The number of likely N-dealkylation sites (tertiary alicyclic amines) is 1. The van der Waals surface area contributed by atoms with Gasteiger partial charge in [0.15, 0.2) is 0 Å². The Balaban J connectivity index is 1.99. The minimum absolute atomic E-state index is 0.00608. The number of rotatable bonds is 8. The maximum absolute atomic E-state index is 14.7. The van der Waals surface area contributed by atoms with Crippen LogP contribution in [0.3, 0.4) is 0 Å². The Labute approximate surface area is 183 Å². The molecule has 1 atom stereocenters. The highest BCUT2D eigenvalue weighted by Crippen LogP contribution is 2.40. The predicted molar refractivity (Wildman–Crippen MR) is 113 cm³/mol. The highest BCUT2D eigenvalue weighted by Gasteiger charge is 2.46. The van der Waals surface area contributed by atoms with E-state index in [1.807, 2.05) is 0 Å². The lowest BCUT2D eigenvalue weighted by atomic mass is 9.95. The molecule has 6 nitrogen and oxygen atoms in total. The van der Waals surface area contributed by atoms with Crippen LogP contribution in [0, 0.1) is 5.82 Å². The van der Waals surface area contributed by atoms with Crippen LogP contribution in [0.5, 0.6) is 0 Å². The summed E-state index contributed by atoms with van der Waals surface area (Å²) in [5, 5.41) is 20.0. The van der Waals surface area contributed by atoms with Crippen LogP contribution in [0.2, 0.25) is 5.02 Å². The van der Waals surface area contributed by atoms with Crippen molar-refractivity contribution in [3.05, 3.63) is 76.1 Å². The molecular weight excluding hydrogens is 425 g/mol. The lowest BCUT2D eigenvalue weighted by Gasteiger charge is -2.25. The van der Waals surface area contributed by atoms with Crippen LogP contribution in [0.25, 0.3) is 5.76 Å². The van der Waals surface area contributed by atoms with E-state index in [4.69, 9.17) is 16.7 Å². The Hall–Kier alpha value is -3.19. The maximum atomic E-state index is 14.7. The van der Waals surface area contributed by atoms with E-state index in [2.05, 4.69) is 0 Å². The number of halogens is 2. The second-order valence-electron chi connectivity index (χ2n) is 7.23. The van der Waals surface area contributed by atoms with Crippen molar-refractivity contribution in [1.29, 1.82) is 0 Å². The third kappa shape index (κ3) is 4.94. The van der Waals surface area contributed by atoms with E-state index < -0.39 is 35.3 Å². The van der Waals surface area contributed by atoms with E-state index >= 15 is 0 Å². The summed E-state index contributed by atoms with van der Waals surface area (Å²) in [7, 11) is 0. The first-order chi connectivity index (χ1) is 14.8. The van der Waals surface area contributed by atoms with Gasteiger partial charge < -0.3 is 15.1 Å². The van der Waals surface area contributed by atoms with Crippen LogP contribution < -0.4 is 0 Å². The minimum Gasteiger partial charge on any atom is -0.507 e. The number of aliphatic hydroxyl groups is 1. The molecule has 8 heteroatoms. The standard InChI is InChI=1S/C23H21ClFNO5/c24-15-11-9-14(10-12-15)21(29)19-20(16-6-3-4-7-17(16)25)26(23(31)22(19)30)13-5-1-2-8-18(27)28/h3-4,6-7,9-12,20,29H,1-2,5,8,13H2,(H,27,28)/t20-/m1/s1. The molecule has 162 valence electrons. The van der Waals surface area contributed by atoms with Crippen molar-refractivity contribution >= 4 is 35.0 Å². The highest BCUT2D eigenvalue weighted by molar-refractivity contribution is 6.46. The van der Waals surface area contributed by atoms with E-state index in [0.29, 0.717) is 24.3 Å². The largest absolute Gasteiger partial charge is 0.507 e. The van der Waals surface area contributed by atoms with Crippen LogP contribution in [-0.4, -0.2) is 39.3 Å². The molecule has 0 saturated carbocycles. The second-order valence-corrected chi connectivity index (χ2v) is 7.66. The van der Waals surface area contributed by atoms with Crippen LogP contribution in [-0.2, 0) is 14.4 Å². The predicted octanol–water partition coefficient (Wildman–Crippen LogP) is 4.55. The van der Waals surface area contributed by atoms with Crippen LogP contribution >= 0.6 is 11.6 Å². The van der Waals surface area contributed by atoms with Gasteiger partial charge >= 0.3 is 5.97 Å². The van der Waals surface area contributed by atoms with Crippen LogP contribution in [0.1, 0.15) is 42.9 Å². The molecule has 1 fully saturated rings. The number of carbonyl (C=O) groups is 3. The molecule has 1 aliphatic rings. The molecule has 0 bridgehead atoms. The molecule has 1 heterocycles. The van der Waals surface area contributed by atoms with Gasteiger partial charge in [0, 0.05) is 29.1 Å². The number of Topliss-reactive ketones (excluding diaryl/α,β-unsaturated/α-hetero) is 1. The van der Waals surface area contributed by atoms with Gasteiger partial charge in [0.25, 0.3) is 11.7 Å². The molecule has 0 unspecified atom stereocenters. The fraction of sp³-hybridized carbons (Fsp3) is 0.261. The first kappa shape index (κ1) is 22.5. The lowest BCUT2D eigenvalue weighted by Crippen LogP contribution is -2.31. The summed E-state index contributed by atoms with van der Waals surface area (Å²) in [5.41, 5.74) is 0.191. The average Bonchev–Trinajstić information content (AvgIpc) is 2.98. The molecule has 2 aromatic rings. The van der Waals surface area contributed by atoms with Crippen molar-refractivity contribution in [3.8, 4) is 0 Å². The van der Waals surface area contributed by atoms with Gasteiger partial charge in [-0.3, -0.25) is 14.4 Å². The van der Waals surface area contributed by atoms with Crippen molar-refractivity contribution in [2.24, 2.45) is 0 Å². The van der Waals surface area contributed by atoms with Crippen LogP contribution in [0.4, 0.5) is 4.39 Å². The first-order valence-corrected chi connectivity index (χ1v) is 10.2. The Morgan fingerprint density at radius 3 is 2.32 bits per heavy atom. The van der Waals surface area contributed by atoms with Gasteiger partial charge in [-0.15, -0.1) is 0 Å². The van der Waals surface area contributed by atoms with Crippen molar-refractivity contribution in [2.45, 2.75) is 31.7 Å². The summed E-state index contributed by atoms with van der Waals surface area (Å²) in [5.74, 6) is -3.65. The normalized spacial score (nSPS) is 17.9. The molecule has 2 N–H and O–H groups in total. The number of hydrogen-bond donors (Lipinski definition) is 2. The van der Waals surface area contributed by atoms with Gasteiger partial charge in [-0.1, -0.05) is 36.2 Å². The fourth-order valence-electron chi connectivity index (χ4n) is 3.63. The molecule has 0 spiro atoms. The maximum Gasteiger partial charge on any atom is 0.303 e. The molecule has 31 heavy (non-hydrogen) atoms. The summed E-state index contributed by atoms with van der Waals surface area (Å²) in [6.07, 6.45) is 1.39. The second kappa shape index (κ2) is 9.75. The smallest absolute Gasteiger partial charge is 0.303 e. The summed E-state index contributed by atoms with van der Waals surface area (Å²) in [4.78, 5) is 37.5. The van der Waals surface area contributed by atoms with Crippen molar-refractivity contribution in [1.82, 2.24) is 4.90 Å². The third-order valence-corrected chi connectivity index (χ3v) is 5.40. The minimum atomic E-state index is -1.09. The van der Waals surface area contributed by atoms with Crippen molar-refractivity contribution < 1.29 is 29.0 Å². The Morgan fingerprint density at radius 2 is 1.68 bits per heavy atom. The molecule has 3 rings (SSSR count). The van der Waals surface area contributed by atoms with Gasteiger partial charge in [-0.25, -0.2) is 4.39 Å². The van der Waals surface area contributed by atoms with E-state index in [0.717, 1.165) is 0 Å². The lowest BCUT2D eigenvalue weighted by molar-refractivity contribution is -0.140. The number of amides is 1. The number of carboxylic acid groups (broad SMARTS) is 1. The summed E-state index contributed by atoms with van der Waals surface area (Å²) in [6.45, 7) is 0.126. The van der Waals surface area contributed by atoms with Gasteiger partial charge in [-0.2, -0.15) is 0 Å². The molecule has 0 aliphatic carbocycles. The number of carboxylic acids is 1. The molecule has 0 radical (unpaired) electrons. The average molecular weight is 446 g/mol. The summed E-state index contributed by atoms with van der Waals surface area (Å²) in [6, 6.07) is 10.8. The van der Waals surface area contributed by atoms with Crippen molar-refractivity contribution in [2.75, 3.05) is 6.54 Å². The number of hydrogen-bond acceptors (Lipinski definition) is 4. The van der Waals surface area contributed by atoms with Gasteiger partial charge in [0.2, 0.25) is 0 Å². The zero-order valence-electron chi connectivity index (χ0n) is 16.6. The SMILES string of the molecule is O=C(O)CCCCCN1C(=O)C(=O)C(=C(O)c2ccc(Cl)cc2)[C@H]1c1ccccc1F. The first-order valence-electron chi connectivity index (χ1n) is 9.82. The number of carbonyl (C=O) groups excluding carboxylic acids is 2. The summed E-state index contributed by atoms with van der Waals surface area (Å²) >= 11 is 5.89. The zero-order chi connectivity index (χ0) is 22.5. The molecule has 2 aromatic carbocycles. The topological polar surface area (TPSA) is 94.9 Å². The van der Waals surface area contributed by atoms with Crippen LogP contribution in [0.15, 0.2) is 54.1 Å². The Bertz CT molecular complexity index is 1030. The van der Waals surface area contributed by atoms with Crippen molar-refractivity contribution in [3.63, 3.8) is 0 Å². The number of nitrogens with zero attached hydrogens (tertiary/aromatic N) is 1. The molecular formula is C23H21ClFNO5. The van der Waals surface area contributed by atoms with Gasteiger partial charge in [0.05, 0.1) is 11.6 Å². The number of aliphatic carboxylic acids is 1. The number of aliphatic hydroxyl groups excluding tert-OH is 1. The van der Waals surface area contributed by atoms with E-state index in [9.17, 15) is 23.9 Å². The van der Waals surface area contributed by atoms with Gasteiger partial charge in [-0.05, 0) is 43.2 Å².